The number of anilines is 1. The molecule has 30 heavy (non-hydrogen) atoms. The molecule has 0 bridgehead atoms. The van der Waals surface area contributed by atoms with E-state index in [1.165, 1.54) is 35.4 Å². The van der Waals surface area contributed by atoms with Gasteiger partial charge in [-0.05, 0) is 61.4 Å². The van der Waals surface area contributed by atoms with E-state index in [1.807, 2.05) is 32.0 Å². The first-order chi connectivity index (χ1) is 14.4. The molecule has 1 aromatic heterocycles. The first-order valence-electron chi connectivity index (χ1n) is 9.45. The van der Waals surface area contributed by atoms with Gasteiger partial charge in [-0.1, -0.05) is 0 Å². The van der Waals surface area contributed by atoms with Gasteiger partial charge in [0.1, 0.15) is 11.4 Å². The Balaban J connectivity index is 1.65. The minimum absolute atomic E-state index is 0.0302. The number of ether oxygens (including phenoxy) is 1. The number of carbonyl (C=O) groups is 2. The molecule has 6 nitrogen and oxygen atoms in total. The summed E-state index contributed by atoms with van der Waals surface area (Å²) in [5, 5.41) is 9.67. The summed E-state index contributed by atoms with van der Waals surface area (Å²) in [6, 6.07) is 11.2. The molecular formula is C23H21FN2O4. The molecule has 0 aliphatic rings. The Kier molecular flexibility index (Phi) is 6.48. The van der Waals surface area contributed by atoms with Crippen molar-refractivity contribution in [3.8, 4) is 6.07 Å². The first kappa shape index (κ1) is 21.1. The zero-order valence-electron chi connectivity index (χ0n) is 16.8. The number of hydrogen-bond acceptors (Lipinski definition) is 5. The molecule has 0 saturated carbocycles. The number of halogens is 1. The summed E-state index contributed by atoms with van der Waals surface area (Å²) in [5.74, 6) is -1.49. The van der Waals surface area contributed by atoms with Crippen LogP contribution in [-0.2, 0) is 20.7 Å². The van der Waals surface area contributed by atoms with Gasteiger partial charge in [0.05, 0.1) is 25.2 Å². The van der Waals surface area contributed by atoms with Crippen LogP contribution in [0.1, 0.15) is 23.1 Å². The molecule has 0 unspecified atom stereocenters. The highest BCUT2D eigenvalue weighted by Gasteiger charge is 2.19. The van der Waals surface area contributed by atoms with Crippen LogP contribution < -0.4 is 4.90 Å². The Morgan fingerprint density at radius 2 is 1.87 bits per heavy atom. The molecule has 0 spiro atoms. The van der Waals surface area contributed by atoms with Crippen molar-refractivity contribution in [3.63, 3.8) is 0 Å². The zero-order valence-corrected chi connectivity index (χ0v) is 16.8. The van der Waals surface area contributed by atoms with E-state index in [2.05, 4.69) is 0 Å². The number of aryl methyl sites for hydroxylation is 2. The molecule has 3 rings (SSSR count). The molecule has 1 amide bonds. The third-order valence-electron chi connectivity index (χ3n) is 4.85. The van der Waals surface area contributed by atoms with E-state index >= 15 is 0 Å². The van der Waals surface area contributed by atoms with Crippen molar-refractivity contribution in [3.05, 3.63) is 65.2 Å². The van der Waals surface area contributed by atoms with Crippen LogP contribution >= 0.6 is 0 Å². The van der Waals surface area contributed by atoms with Crippen LogP contribution in [0.15, 0.2) is 47.1 Å². The van der Waals surface area contributed by atoms with E-state index in [9.17, 15) is 14.0 Å². The van der Waals surface area contributed by atoms with Crippen molar-refractivity contribution < 1.29 is 23.1 Å². The minimum Gasteiger partial charge on any atom is -0.464 e. The molecule has 2 aromatic carbocycles. The maximum atomic E-state index is 13.2. The summed E-state index contributed by atoms with van der Waals surface area (Å²) < 4.78 is 23.8. The summed E-state index contributed by atoms with van der Waals surface area (Å²) in [6.07, 6.45) is 1.58. The van der Waals surface area contributed by atoms with Gasteiger partial charge >= 0.3 is 5.97 Å². The van der Waals surface area contributed by atoms with Gasteiger partial charge in [-0.3, -0.25) is 9.59 Å². The van der Waals surface area contributed by atoms with Crippen LogP contribution in [0.25, 0.3) is 11.0 Å². The second kappa shape index (κ2) is 9.23. The quantitative estimate of drug-likeness (QED) is 0.547. The Hall–Kier alpha value is -3.66. The van der Waals surface area contributed by atoms with Gasteiger partial charge in [-0.2, -0.15) is 5.26 Å². The highest BCUT2D eigenvalue weighted by molar-refractivity contribution is 5.95. The largest absolute Gasteiger partial charge is 0.464 e. The summed E-state index contributed by atoms with van der Waals surface area (Å²) >= 11 is 0. The van der Waals surface area contributed by atoms with Crippen molar-refractivity contribution in [2.24, 2.45) is 0 Å². The van der Waals surface area contributed by atoms with Gasteiger partial charge < -0.3 is 14.1 Å². The van der Waals surface area contributed by atoms with Gasteiger partial charge in [0.2, 0.25) is 0 Å². The summed E-state index contributed by atoms with van der Waals surface area (Å²) in [6.45, 7) is 3.60. The Labute approximate surface area is 173 Å². The summed E-state index contributed by atoms with van der Waals surface area (Å²) in [5.41, 5.74) is 3.98. The van der Waals surface area contributed by atoms with Crippen molar-refractivity contribution in [2.45, 2.75) is 26.7 Å². The lowest BCUT2D eigenvalue weighted by molar-refractivity contribution is -0.147. The van der Waals surface area contributed by atoms with Crippen LogP contribution in [0.5, 0.6) is 0 Å². The predicted molar refractivity (Wildman–Crippen MR) is 109 cm³/mol. The van der Waals surface area contributed by atoms with Gasteiger partial charge in [0, 0.05) is 23.2 Å². The zero-order chi connectivity index (χ0) is 21.7. The normalized spacial score (nSPS) is 10.6. The smallest absolute Gasteiger partial charge is 0.310 e. The molecule has 0 aliphatic heterocycles. The predicted octanol–water partition coefficient (Wildman–Crippen LogP) is 4.22. The monoisotopic (exact) mass is 408 g/mol. The van der Waals surface area contributed by atoms with E-state index in [1.54, 1.807) is 0 Å². The molecule has 3 aromatic rings. The molecule has 7 heteroatoms. The lowest BCUT2D eigenvalue weighted by atomic mass is 10.0. The molecule has 0 fully saturated rings. The summed E-state index contributed by atoms with van der Waals surface area (Å²) in [4.78, 5) is 26.2. The van der Waals surface area contributed by atoms with Gasteiger partial charge in [-0.15, -0.1) is 0 Å². The number of nitriles is 1. The maximum absolute atomic E-state index is 13.2. The number of amides is 1. The van der Waals surface area contributed by atoms with E-state index in [4.69, 9.17) is 14.4 Å². The second-order valence-corrected chi connectivity index (χ2v) is 6.96. The topological polar surface area (TPSA) is 83.5 Å². The van der Waals surface area contributed by atoms with Crippen molar-refractivity contribution >= 4 is 28.5 Å². The van der Waals surface area contributed by atoms with Crippen LogP contribution in [0, 0.1) is 31.0 Å². The fraction of sp³-hybridized carbons (Fsp3) is 0.261. The van der Waals surface area contributed by atoms with E-state index < -0.39 is 24.3 Å². The van der Waals surface area contributed by atoms with Gasteiger partial charge in [0.25, 0.3) is 5.91 Å². The van der Waals surface area contributed by atoms with E-state index in [0.717, 1.165) is 16.5 Å². The molecule has 154 valence electrons. The third-order valence-corrected chi connectivity index (χ3v) is 4.85. The number of esters is 1. The molecule has 0 radical (unpaired) electrons. The second-order valence-electron chi connectivity index (χ2n) is 6.96. The fourth-order valence-electron chi connectivity index (χ4n) is 3.08. The number of rotatable bonds is 7. The fourth-order valence-corrected chi connectivity index (χ4v) is 3.08. The average molecular weight is 408 g/mol. The number of nitrogens with zero attached hydrogens (tertiary/aromatic N) is 2. The number of hydrogen-bond donors (Lipinski definition) is 0. The maximum Gasteiger partial charge on any atom is 0.310 e. The van der Waals surface area contributed by atoms with Crippen LogP contribution in [0.4, 0.5) is 10.1 Å². The number of carbonyl (C=O) groups excluding carboxylic acids is 2. The SMILES string of the molecule is Cc1cc2occ(CC(=O)OCC(=O)N(CCC#N)c3ccc(F)cc3)c2cc1C. The van der Waals surface area contributed by atoms with E-state index in [0.29, 0.717) is 16.8 Å². The number of fused-ring (bicyclic) bond motifs is 1. The molecular weight excluding hydrogens is 387 g/mol. The third kappa shape index (κ3) is 4.84. The highest BCUT2D eigenvalue weighted by Crippen LogP contribution is 2.25. The molecule has 0 atom stereocenters. The van der Waals surface area contributed by atoms with Crippen molar-refractivity contribution in [1.82, 2.24) is 0 Å². The Morgan fingerprint density at radius 3 is 2.57 bits per heavy atom. The standard InChI is InChI=1S/C23H21FN2O4/c1-15-10-20-17(13-29-21(20)11-16(15)2)12-23(28)30-14-22(27)26(9-3-8-25)19-6-4-18(24)5-7-19/h4-7,10-11,13H,3,9,12,14H2,1-2H3. The average Bonchev–Trinajstić information content (AvgIpc) is 3.09. The van der Waals surface area contributed by atoms with Gasteiger partial charge in [-0.25, -0.2) is 4.39 Å². The van der Waals surface area contributed by atoms with Crippen molar-refractivity contribution in [2.75, 3.05) is 18.1 Å². The highest BCUT2D eigenvalue weighted by atomic mass is 19.1. The molecule has 1 heterocycles. The Morgan fingerprint density at radius 1 is 1.17 bits per heavy atom. The van der Waals surface area contributed by atoms with Crippen LogP contribution in [-0.4, -0.2) is 25.0 Å². The first-order valence-corrected chi connectivity index (χ1v) is 9.45. The molecule has 0 aliphatic carbocycles. The van der Waals surface area contributed by atoms with Crippen LogP contribution in [0.2, 0.25) is 0 Å². The minimum atomic E-state index is -0.566. The van der Waals surface area contributed by atoms with Crippen LogP contribution in [0.3, 0.4) is 0 Å². The number of benzene rings is 2. The lowest BCUT2D eigenvalue weighted by Crippen LogP contribution is -2.35. The Bertz CT molecular complexity index is 1110. The lowest BCUT2D eigenvalue weighted by Gasteiger charge is -2.21. The van der Waals surface area contributed by atoms with Crippen molar-refractivity contribution in [1.29, 1.82) is 5.26 Å². The van der Waals surface area contributed by atoms with Gasteiger partial charge in [0.15, 0.2) is 6.61 Å². The van der Waals surface area contributed by atoms with E-state index in [-0.39, 0.29) is 19.4 Å². The number of furan rings is 1. The summed E-state index contributed by atoms with van der Waals surface area (Å²) in [7, 11) is 0. The molecule has 0 saturated heterocycles. The molecule has 0 N–H and O–H groups in total.